The molecule has 0 bridgehead atoms. The van der Waals surface area contributed by atoms with Crippen LogP contribution in [0.15, 0.2) is 12.1 Å². The average Bonchev–Trinajstić information content (AvgIpc) is 2.73. The lowest BCUT2D eigenvalue weighted by atomic mass is 9.90. The van der Waals surface area contributed by atoms with Crippen LogP contribution in [0.1, 0.15) is 55.7 Å². The van der Waals surface area contributed by atoms with Crippen LogP contribution >= 0.6 is 0 Å². The standard InChI is InChI=1S/C23H34N2O5/c1-28-20-13-17-9-12-25(16-22(26)24-10-7-5-4-6-8-11-24)19(15-23(27)30-3)18(17)14-21(20)29-2/h13-14,19H,4-12,15-16H2,1-3H3. The molecule has 1 saturated heterocycles. The minimum absolute atomic E-state index is 0.149. The van der Waals surface area contributed by atoms with Gasteiger partial charge in [-0.05, 0) is 42.5 Å². The van der Waals surface area contributed by atoms with Crippen LogP contribution in [-0.2, 0) is 20.7 Å². The molecule has 2 aliphatic rings. The summed E-state index contributed by atoms with van der Waals surface area (Å²) >= 11 is 0. The monoisotopic (exact) mass is 418 g/mol. The van der Waals surface area contributed by atoms with Gasteiger partial charge < -0.3 is 19.1 Å². The first-order valence-electron chi connectivity index (χ1n) is 10.9. The van der Waals surface area contributed by atoms with Crippen LogP contribution in [0.3, 0.4) is 0 Å². The molecule has 1 atom stereocenters. The van der Waals surface area contributed by atoms with Crippen molar-refractivity contribution in [3.63, 3.8) is 0 Å². The lowest BCUT2D eigenvalue weighted by Gasteiger charge is -2.38. The van der Waals surface area contributed by atoms with E-state index in [2.05, 4.69) is 4.90 Å². The van der Waals surface area contributed by atoms with Gasteiger partial charge in [-0.25, -0.2) is 0 Å². The van der Waals surface area contributed by atoms with Crippen molar-refractivity contribution in [3.05, 3.63) is 23.3 Å². The molecule has 1 unspecified atom stereocenters. The Morgan fingerprint density at radius 1 is 0.933 bits per heavy atom. The number of amides is 1. The topological polar surface area (TPSA) is 68.3 Å². The number of fused-ring (bicyclic) bond motifs is 1. The van der Waals surface area contributed by atoms with Gasteiger partial charge in [-0.3, -0.25) is 14.5 Å². The van der Waals surface area contributed by atoms with Gasteiger partial charge in [0.25, 0.3) is 0 Å². The molecule has 1 aromatic rings. The summed E-state index contributed by atoms with van der Waals surface area (Å²) in [4.78, 5) is 29.4. The van der Waals surface area contributed by atoms with Gasteiger partial charge in [0, 0.05) is 25.7 Å². The zero-order chi connectivity index (χ0) is 21.5. The van der Waals surface area contributed by atoms with E-state index in [0.717, 1.165) is 43.5 Å². The number of hydrogen-bond donors (Lipinski definition) is 0. The van der Waals surface area contributed by atoms with Gasteiger partial charge in [0.2, 0.25) is 5.91 Å². The maximum atomic E-state index is 13.1. The minimum Gasteiger partial charge on any atom is -0.493 e. The van der Waals surface area contributed by atoms with Gasteiger partial charge in [0.1, 0.15) is 0 Å². The third kappa shape index (κ3) is 5.25. The zero-order valence-electron chi connectivity index (χ0n) is 18.4. The van der Waals surface area contributed by atoms with Gasteiger partial charge >= 0.3 is 5.97 Å². The Kier molecular flexibility index (Phi) is 7.96. The predicted octanol–water partition coefficient (Wildman–Crippen LogP) is 2.96. The molecule has 7 nitrogen and oxygen atoms in total. The van der Waals surface area contributed by atoms with E-state index in [9.17, 15) is 9.59 Å². The molecule has 3 rings (SSSR count). The maximum Gasteiger partial charge on any atom is 0.307 e. The fourth-order valence-electron chi connectivity index (χ4n) is 4.52. The van der Waals surface area contributed by atoms with E-state index in [1.807, 2.05) is 17.0 Å². The Bertz CT molecular complexity index is 743. The van der Waals surface area contributed by atoms with Crippen LogP contribution in [0, 0.1) is 0 Å². The SMILES string of the molecule is COC(=O)CC1c2cc(OC)c(OC)cc2CCN1CC(=O)N1CCCCCCC1. The van der Waals surface area contributed by atoms with Crippen molar-refractivity contribution in [2.24, 2.45) is 0 Å². The van der Waals surface area contributed by atoms with Crippen molar-refractivity contribution in [1.29, 1.82) is 0 Å². The first-order valence-corrected chi connectivity index (χ1v) is 10.9. The van der Waals surface area contributed by atoms with Gasteiger partial charge in [0.15, 0.2) is 11.5 Å². The van der Waals surface area contributed by atoms with Crippen LogP contribution in [0.5, 0.6) is 11.5 Å². The molecule has 1 amide bonds. The fourth-order valence-corrected chi connectivity index (χ4v) is 4.52. The van der Waals surface area contributed by atoms with E-state index >= 15 is 0 Å². The van der Waals surface area contributed by atoms with E-state index in [1.54, 1.807) is 14.2 Å². The van der Waals surface area contributed by atoms with E-state index in [1.165, 1.54) is 26.4 Å². The van der Waals surface area contributed by atoms with Crippen molar-refractivity contribution in [3.8, 4) is 11.5 Å². The second-order valence-corrected chi connectivity index (χ2v) is 8.07. The van der Waals surface area contributed by atoms with Crippen LogP contribution in [0.4, 0.5) is 0 Å². The number of methoxy groups -OCH3 is 3. The highest BCUT2D eigenvalue weighted by Gasteiger charge is 2.33. The number of carbonyl (C=O) groups is 2. The van der Waals surface area contributed by atoms with Gasteiger partial charge in [-0.2, -0.15) is 0 Å². The molecule has 0 spiro atoms. The van der Waals surface area contributed by atoms with Crippen LogP contribution in [0.2, 0.25) is 0 Å². The molecule has 0 saturated carbocycles. The van der Waals surface area contributed by atoms with Gasteiger partial charge in [-0.1, -0.05) is 19.3 Å². The molecule has 1 fully saturated rings. The third-order valence-electron chi connectivity index (χ3n) is 6.25. The third-order valence-corrected chi connectivity index (χ3v) is 6.25. The number of likely N-dealkylation sites (tertiary alicyclic amines) is 1. The molecule has 30 heavy (non-hydrogen) atoms. The van der Waals surface area contributed by atoms with Gasteiger partial charge in [0.05, 0.1) is 34.3 Å². The van der Waals surface area contributed by atoms with Crippen molar-refractivity contribution >= 4 is 11.9 Å². The number of rotatable bonds is 6. The Morgan fingerprint density at radius 3 is 2.20 bits per heavy atom. The molecular weight excluding hydrogens is 384 g/mol. The predicted molar refractivity (Wildman–Crippen MR) is 114 cm³/mol. The average molecular weight is 419 g/mol. The fraction of sp³-hybridized carbons (Fsp3) is 0.652. The molecular formula is C23H34N2O5. The number of carbonyl (C=O) groups excluding carboxylic acids is 2. The Labute approximate surface area is 179 Å². The molecule has 1 aromatic carbocycles. The molecule has 0 aliphatic carbocycles. The largest absolute Gasteiger partial charge is 0.493 e. The number of nitrogens with zero attached hydrogens (tertiary/aromatic N) is 2. The van der Waals surface area contributed by atoms with Crippen molar-refractivity contribution < 1.29 is 23.8 Å². The molecule has 0 N–H and O–H groups in total. The summed E-state index contributed by atoms with van der Waals surface area (Å²) in [5.41, 5.74) is 2.13. The smallest absolute Gasteiger partial charge is 0.307 e. The molecule has 166 valence electrons. The molecule has 0 radical (unpaired) electrons. The molecule has 2 aliphatic heterocycles. The van der Waals surface area contributed by atoms with Crippen molar-refractivity contribution in [2.45, 2.75) is 51.0 Å². The van der Waals surface area contributed by atoms with Crippen molar-refractivity contribution in [2.75, 3.05) is 47.5 Å². The second-order valence-electron chi connectivity index (χ2n) is 8.07. The second kappa shape index (κ2) is 10.7. The quantitative estimate of drug-likeness (QED) is 0.662. The molecule has 0 aromatic heterocycles. The van der Waals surface area contributed by atoms with Crippen LogP contribution in [-0.4, -0.2) is 69.2 Å². The number of esters is 1. The van der Waals surface area contributed by atoms with E-state index in [4.69, 9.17) is 14.2 Å². The lowest BCUT2D eigenvalue weighted by Crippen LogP contribution is -2.45. The first-order chi connectivity index (χ1) is 14.6. The Balaban J connectivity index is 1.83. The summed E-state index contributed by atoms with van der Waals surface area (Å²) in [6.45, 7) is 2.69. The zero-order valence-corrected chi connectivity index (χ0v) is 18.4. The molecule has 2 heterocycles. The van der Waals surface area contributed by atoms with E-state index in [0.29, 0.717) is 24.6 Å². The Morgan fingerprint density at radius 2 is 1.57 bits per heavy atom. The van der Waals surface area contributed by atoms with Crippen molar-refractivity contribution in [1.82, 2.24) is 9.80 Å². The van der Waals surface area contributed by atoms with E-state index in [-0.39, 0.29) is 24.3 Å². The lowest BCUT2D eigenvalue weighted by molar-refractivity contribution is -0.143. The summed E-state index contributed by atoms with van der Waals surface area (Å²) in [6.07, 6.45) is 6.76. The number of hydrogen-bond acceptors (Lipinski definition) is 6. The van der Waals surface area contributed by atoms with Crippen LogP contribution < -0.4 is 9.47 Å². The Hall–Kier alpha value is -2.28. The highest BCUT2D eigenvalue weighted by atomic mass is 16.5. The highest BCUT2D eigenvalue weighted by molar-refractivity contribution is 5.78. The van der Waals surface area contributed by atoms with Crippen LogP contribution in [0.25, 0.3) is 0 Å². The summed E-state index contributed by atoms with van der Waals surface area (Å²) in [6, 6.07) is 3.70. The van der Waals surface area contributed by atoms with Gasteiger partial charge in [-0.15, -0.1) is 0 Å². The first kappa shape index (κ1) is 22.4. The number of benzene rings is 1. The maximum absolute atomic E-state index is 13.1. The summed E-state index contributed by atoms with van der Waals surface area (Å²) in [5, 5.41) is 0. The normalized spacial score (nSPS) is 20.0. The highest BCUT2D eigenvalue weighted by Crippen LogP contribution is 2.39. The van der Waals surface area contributed by atoms with E-state index < -0.39 is 0 Å². The molecule has 7 heteroatoms. The summed E-state index contributed by atoms with van der Waals surface area (Å²) in [7, 11) is 4.62. The minimum atomic E-state index is -0.286. The summed E-state index contributed by atoms with van der Waals surface area (Å²) in [5.74, 6) is 1.17. The number of ether oxygens (including phenoxy) is 3. The summed E-state index contributed by atoms with van der Waals surface area (Å²) < 4.78 is 15.9.